The van der Waals surface area contributed by atoms with Crippen molar-refractivity contribution in [2.75, 3.05) is 6.61 Å². The van der Waals surface area contributed by atoms with Crippen LogP contribution in [0.2, 0.25) is 5.02 Å². The predicted molar refractivity (Wildman–Crippen MR) is 61.6 cm³/mol. The van der Waals surface area contributed by atoms with Crippen molar-refractivity contribution in [1.82, 2.24) is 0 Å². The molecule has 1 aromatic rings. The molecule has 0 aliphatic rings. The number of halogens is 2. The number of esters is 1. The molecule has 0 bridgehead atoms. The summed E-state index contributed by atoms with van der Waals surface area (Å²) in [7, 11) is 0. The van der Waals surface area contributed by atoms with Crippen LogP contribution in [0.3, 0.4) is 0 Å². The van der Waals surface area contributed by atoms with E-state index in [1.54, 1.807) is 6.92 Å². The molecule has 0 aromatic heterocycles. The molecule has 0 spiro atoms. The molecule has 0 saturated carbocycles. The summed E-state index contributed by atoms with van der Waals surface area (Å²) >= 11 is 5.66. The van der Waals surface area contributed by atoms with Crippen molar-refractivity contribution in [1.29, 1.82) is 0 Å². The van der Waals surface area contributed by atoms with E-state index >= 15 is 0 Å². The summed E-state index contributed by atoms with van der Waals surface area (Å²) < 4.78 is 18.0. The van der Waals surface area contributed by atoms with Gasteiger partial charge in [-0.2, -0.15) is 0 Å². The Kier molecular flexibility index (Phi) is 5.10. The molecule has 0 N–H and O–H groups in total. The highest BCUT2D eigenvalue weighted by Crippen LogP contribution is 2.17. The first kappa shape index (κ1) is 13.6. The van der Waals surface area contributed by atoms with Gasteiger partial charge in [0, 0.05) is 11.4 Å². The Labute approximate surface area is 104 Å². The molecule has 0 radical (unpaired) electrons. The molecule has 0 heterocycles. The molecule has 17 heavy (non-hydrogen) atoms. The number of Topliss-reactive ketones (excluding diaryl/α,β-unsaturated/α-hetero) is 1. The zero-order chi connectivity index (χ0) is 12.8. The molecule has 0 atom stereocenters. The number of ketones is 1. The maximum Gasteiger partial charge on any atom is 0.306 e. The summed E-state index contributed by atoms with van der Waals surface area (Å²) in [6.07, 6.45) is -0.144. The standard InChI is InChI=1S/C12H12ClFO3/c1-2-17-12(16)6-5-11(15)9-7-8(13)3-4-10(9)14/h3-4,7H,2,5-6H2,1H3. The van der Waals surface area contributed by atoms with Gasteiger partial charge in [-0.1, -0.05) is 11.6 Å². The van der Waals surface area contributed by atoms with E-state index in [1.165, 1.54) is 12.1 Å². The molecule has 0 saturated heterocycles. The molecule has 3 nitrogen and oxygen atoms in total. The SMILES string of the molecule is CCOC(=O)CCC(=O)c1cc(Cl)ccc1F. The zero-order valence-electron chi connectivity index (χ0n) is 9.33. The maximum absolute atomic E-state index is 13.3. The second-order valence-electron chi connectivity index (χ2n) is 3.35. The third-order valence-corrected chi connectivity index (χ3v) is 2.33. The number of hydrogen-bond acceptors (Lipinski definition) is 3. The lowest BCUT2D eigenvalue weighted by atomic mass is 10.1. The van der Waals surface area contributed by atoms with Gasteiger partial charge in [0.1, 0.15) is 5.82 Å². The summed E-state index contributed by atoms with van der Waals surface area (Å²) in [5, 5.41) is 0.283. The van der Waals surface area contributed by atoms with Crippen LogP contribution in [0.25, 0.3) is 0 Å². The molecule has 5 heteroatoms. The molecule has 92 valence electrons. The maximum atomic E-state index is 13.3. The van der Waals surface area contributed by atoms with E-state index in [1.807, 2.05) is 0 Å². The molecule has 0 aliphatic heterocycles. The predicted octanol–water partition coefficient (Wildman–Crippen LogP) is 3.01. The van der Waals surface area contributed by atoms with Gasteiger partial charge in [-0.05, 0) is 25.1 Å². The lowest BCUT2D eigenvalue weighted by molar-refractivity contribution is -0.143. The fourth-order valence-corrected chi connectivity index (χ4v) is 1.47. The van der Waals surface area contributed by atoms with Crippen LogP contribution in [0.15, 0.2) is 18.2 Å². The van der Waals surface area contributed by atoms with Crippen molar-refractivity contribution in [3.8, 4) is 0 Å². The molecule has 0 unspecified atom stereocenters. The van der Waals surface area contributed by atoms with E-state index in [2.05, 4.69) is 4.74 Å². The fraction of sp³-hybridized carbons (Fsp3) is 0.333. The Morgan fingerprint density at radius 3 is 2.71 bits per heavy atom. The normalized spacial score (nSPS) is 10.1. The Bertz CT molecular complexity index is 432. The highest BCUT2D eigenvalue weighted by atomic mass is 35.5. The van der Waals surface area contributed by atoms with Crippen molar-refractivity contribution in [2.45, 2.75) is 19.8 Å². The first-order valence-corrected chi connectivity index (χ1v) is 5.56. The van der Waals surface area contributed by atoms with Crippen molar-refractivity contribution < 1.29 is 18.7 Å². The third-order valence-electron chi connectivity index (χ3n) is 2.09. The van der Waals surface area contributed by atoms with Gasteiger partial charge in [-0.25, -0.2) is 4.39 Å². The quantitative estimate of drug-likeness (QED) is 0.602. The van der Waals surface area contributed by atoms with Crippen LogP contribution in [0.4, 0.5) is 4.39 Å². The summed E-state index contributed by atoms with van der Waals surface area (Å²) in [5.74, 6) is -1.57. The van der Waals surface area contributed by atoms with Crippen LogP contribution >= 0.6 is 11.6 Å². The minimum atomic E-state index is -0.636. The molecular formula is C12H12ClFO3. The van der Waals surface area contributed by atoms with Gasteiger partial charge in [-0.15, -0.1) is 0 Å². The fourth-order valence-electron chi connectivity index (χ4n) is 1.29. The average molecular weight is 259 g/mol. The molecule has 0 aliphatic carbocycles. The number of hydrogen-bond donors (Lipinski definition) is 0. The van der Waals surface area contributed by atoms with E-state index in [0.29, 0.717) is 0 Å². The van der Waals surface area contributed by atoms with Gasteiger partial charge >= 0.3 is 5.97 Å². The van der Waals surface area contributed by atoms with Gasteiger partial charge in [0.05, 0.1) is 18.6 Å². The number of rotatable bonds is 5. The summed E-state index contributed by atoms with van der Waals surface area (Å²) in [6, 6.07) is 3.74. The second-order valence-corrected chi connectivity index (χ2v) is 3.79. The zero-order valence-corrected chi connectivity index (χ0v) is 10.1. The van der Waals surface area contributed by atoms with Crippen LogP contribution in [-0.4, -0.2) is 18.4 Å². The number of ether oxygens (including phenoxy) is 1. The van der Waals surface area contributed by atoms with Crippen LogP contribution in [0.5, 0.6) is 0 Å². The van der Waals surface area contributed by atoms with Gasteiger partial charge in [0.15, 0.2) is 5.78 Å². The lowest BCUT2D eigenvalue weighted by Crippen LogP contribution is -2.09. The summed E-state index contributed by atoms with van der Waals surface area (Å²) in [6.45, 7) is 1.94. The highest BCUT2D eigenvalue weighted by molar-refractivity contribution is 6.31. The molecule has 1 rings (SSSR count). The highest BCUT2D eigenvalue weighted by Gasteiger charge is 2.14. The number of benzene rings is 1. The second kappa shape index (κ2) is 6.35. The van der Waals surface area contributed by atoms with Gasteiger partial charge in [0.2, 0.25) is 0 Å². The largest absolute Gasteiger partial charge is 0.466 e. The van der Waals surface area contributed by atoms with Gasteiger partial charge in [-0.3, -0.25) is 9.59 Å². The Morgan fingerprint density at radius 2 is 2.06 bits per heavy atom. The Morgan fingerprint density at radius 1 is 1.35 bits per heavy atom. The summed E-state index contributed by atoms with van der Waals surface area (Å²) in [5.41, 5.74) is -0.0956. The van der Waals surface area contributed by atoms with Crippen molar-refractivity contribution in [2.24, 2.45) is 0 Å². The Balaban J connectivity index is 2.64. The van der Waals surface area contributed by atoms with Crippen molar-refractivity contribution in [3.05, 3.63) is 34.6 Å². The average Bonchev–Trinajstić information content (AvgIpc) is 2.29. The number of carbonyl (C=O) groups is 2. The van der Waals surface area contributed by atoms with E-state index < -0.39 is 17.6 Å². The van der Waals surface area contributed by atoms with Gasteiger partial charge < -0.3 is 4.74 Å². The summed E-state index contributed by atoms with van der Waals surface area (Å²) in [4.78, 5) is 22.7. The first-order chi connectivity index (χ1) is 8.04. The first-order valence-electron chi connectivity index (χ1n) is 5.18. The number of carbonyl (C=O) groups excluding carboxylic acids is 2. The van der Waals surface area contributed by atoms with E-state index in [-0.39, 0.29) is 30.0 Å². The minimum absolute atomic E-state index is 0.0569. The van der Waals surface area contributed by atoms with Crippen LogP contribution in [0.1, 0.15) is 30.1 Å². The topological polar surface area (TPSA) is 43.4 Å². The van der Waals surface area contributed by atoms with Crippen LogP contribution in [-0.2, 0) is 9.53 Å². The minimum Gasteiger partial charge on any atom is -0.466 e. The molecule has 0 amide bonds. The lowest BCUT2D eigenvalue weighted by Gasteiger charge is -2.03. The van der Waals surface area contributed by atoms with Gasteiger partial charge in [0.25, 0.3) is 0 Å². The van der Waals surface area contributed by atoms with Crippen LogP contribution in [0, 0.1) is 5.82 Å². The monoisotopic (exact) mass is 258 g/mol. The van der Waals surface area contributed by atoms with Crippen molar-refractivity contribution in [3.63, 3.8) is 0 Å². The molecular weight excluding hydrogens is 247 g/mol. The molecule has 1 aromatic carbocycles. The third kappa shape index (κ3) is 4.15. The molecule has 0 fully saturated rings. The Hall–Kier alpha value is -1.42. The van der Waals surface area contributed by atoms with Crippen LogP contribution < -0.4 is 0 Å². The van der Waals surface area contributed by atoms with E-state index in [4.69, 9.17) is 11.6 Å². The van der Waals surface area contributed by atoms with E-state index in [0.717, 1.165) is 6.07 Å². The van der Waals surface area contributed by atoms with Crippen molar-refractivity contribution >= 4 is 23.4 Å². The smallest absolute Gasteiger partial charge is 0.306 e. The van der Waals surface area contributed by atoms with E-state index in [9.17, 15) is 14.0 Å².